The molecular weight excluding hydrogens is 362 g/mol. The lowest BCUT2D eigenvalue weighted by Crippen LogP contribution is -2.04. The van der Waals surface area contributed by atoms with Gasteiger partial charge in [0.1, 0.15) is 17.9 Å². The molecule has 4 heteroatoms. The number of fused-ring (bicyclic) bond motifs is 1. The van der Waals surface area contributed by atoms with Gasteiger partial charge < -0.3 is 15.6 Å². The van der Waals surface area contributed by atoms with Crippen molar-refractivity contribution in [3.63, 3.8) is 0 Å². The fourth-order valence-electron chi connectivity index (χ4n) is 3.53. The predicted octanol–water partition coefficient (Wildman–Crippen LogP) is 5.67. The number of anilines is 1. The summed E-state index contributed by atoms with van der Waals surface area (Å²) in [4.78, 5) is 11.7. The molecule has 0 aromatic heterocycles. The van der Waals surface area contributed by atoms with Gasteiger partial charge in [0.15, 0.2) is 0 Å². The number of benzene rings is 4. The Kier molecular flexibility index (Phi) is 4.92. The molecule has 0 aliphatic heterocycles. The molecule has 0 spiro atoms. The van der Waals surface area contributed by atoms with Crippen LogP contribution in [0.25, 0.3) is 21.9 Å². The minimum Gasteiger partial charge on any atom is -0.488 e. The molecule has 0 bridgehead atoms. The van der Waals surface area contributed by atoms with Gasteiger partial charge in [-0.1, -0.05) is 60.7 Å². The Balaban J connectivity index is 1.72. The average Bonchev–Trinajstić information content (AvgIpc) is 2.74. The van der Waals surface area contributed by atoms with Crippen LogP contribution in [0.3, 0.4) is 0 Å². The van der Waals surface area contributed by atoms with E-state index in [1.165, 1.54) is 0 Å². The number of ether oxygens (including phenoxy) is 1. The molecule has 0 unspecified atom stereocenters. The van der Waals surface area contributed by atoms with E-state index in [-0.39, 0.29) is 12.2 Å². The second kappa shape index (κ2) is 7.68. The number of aromatic carboxylic acids is 1. The summed E-state index contributed by atoms with van der Waals surface area (Å²) in [6.45, 7) is 2.23. The Morgan fingerprint density at radius 2 is 1.72 bits per heavy atom. The summed E-state index contributed by atoms with van der Waals surface area (Å²) >= 11 is 0. The molecular formula is C25H21NO3. The number of carboxylic acids is 1. The second-order valence-electron chi connectivity index (χ2n) is 6.96. The molecule has 0 radical (unpaired) electrons. The Morgan fingerprint density at radius 1 is 0.966 bits per heavy atom. The molecule has 3 N–H and O–H groups in total. The van der Waals surface area contributed by atoms with E-state index in [0.717, 1.165) is 33.0 Å². The van der Waals surface area contributed by atoms with Crippen LogP contribution in [0.5, 0.6) is 5.75 Å². The van der Waals surface area contributed by atoms with E-state index in [4.69, 9.17) is 10.5 Å². The molecule has 144 valence electrons. The van der Waals surface area contributed by atoms with Gasteiger partial charge in [-0.25, -0.2) is 4.79 Å². The number of nitrogens with two attached hydrogens (primary N) is 1. The SMILES string of the molecule is Cc1c(N)cccc1-c1ccc(C(=O)O)c(OCc2cccc3ccccc23)c1. The van der Waals surface area contributed by atoms with Crippen molar-refractivity contribution < 1.29 is 14.6 Å². The van der Waals surface area contributed by atoms with Gasteiger partial charge in [-0.05, 0) is 58.1 Å². The zero-order valence-corrected chi connectivity index (χ0v) is 16.1. The van der Waals surface area contributed by atoms with Crippen molar-refractivity contribution in [3.8, 4) is 16.9 Å². The van der Waals surface area contributed by atoms with E-state index in [2.05, 4.69) is 0 Å². The van der Waals surface area contributed by atoms with Crippen molar-refractivity contribution in [2.75, 3.05) is 5.73 Å². The van der Waals surface area contributed by atoms with Crippen LogP contribution in [0, 0.1) is 6.92 Å². The predicted molar refractivity (Wildman–Crippen MR) is 116 cm³/mol. The van der Waals surface area contributed by atoms with E-state index in [9.17, 15) is 9.90 Å². The molecule has 0 saturated carbocycles. The summed E-state index contributed by atoms with van der Waals surface area (Å²) in [5, 5.41) is 11.8. The molecule has 0 atom stereocenters. The smallest absolute Gasteiger partial charge is 0.339 e. The fraction of sp³-hybridized carbons (Fsp3) is 0.0800. The lowest BCUT2D eigenvalue weighted by molar-refractivity contribution is 0.0692. The maximum absolute atomic E-state index is 11.7. The number of carbonyl (C=O) groups is 1. The Morgan fingerprint density at radius 3 is 2.55 bits per heavy atom. The van der Waals surface area contributed by atoms with Crippen molar-refractivity contribution in [1.29, 1.82) is 0 Å². The van der Waals surface area contributed by atoms with Crippen LogP contribution < -0.4 is 10.5 Å². The number of nitrogen functional groups attached to an aromatic ring is 1. The first-order valence-corrected chi connectivity index (χ1v) is 9.37. The zero-order valence-electron chi connectivity index (χ0n) is 16.1. The maximum atomic E-state index is 11.7. The van der Waals surface area contributed by atoms with Crippen molar-refractivity contribution >= 4 is 22.4 Å². The molecule has 0 saturated heterocycles. The molecule has 4 nitrogen and oxygen atoms in total. The van der Waals surface area contributed by atoms with Crippen LogP contribution in [0.4, 0.5) is 5.69 Å². The molecule has 0 aliphatic carbocycles. The first-order chi connectivity index (χ1) is 14.0. The lowest BCUT2D eigenvalue weighted by atomic mass is 9.98. The monoisotopic (exact) mass is 383 g/mol. The highest BCUT2D eigenvalue weighted by Gasteiger charge is 2.15. The van der Waals surface area contributed by atoms with Crippen molar-refractivity contribution in [1.82, 2.24) is 0 Å². The average molecular weight is 383 g/mol. The summed E-state index contributed by atoms with van der Waals surface area (Å²) in [7, 11) is 0. The minimum absolute atomic E-state index is 0.135. The van der Waals surface area contributed by atoms with Crippen LogP contribution in [0.1, 0.15) is 21.5 Å². The molecule has 29 heavy (non-hydrogen) atoms. The van der Waals surface area contributed by atoms with Crippen molar-refractivity contribution in [2.45, 2.75) is 13.5 Å². The number of carboxylic acid groups (broad SMARTS) is 1. The van der Waals surface area contributed by atoms with Gasteiger partial charge in [0, 0.05) is 5.69 Å². The van der Waals surface area contributed by atoms with Crippen LogP contribution in [0.15, 0.2) is 78.9 Å². The highest BCUT2D eigenvalue weighted by molar-refractivity contribution is 5.92. The normalized spacial score (nSPS) is 10.8. The van der Waals surface area contributed by atoms with Gasteiger partial charge in [0.05, 0.1) is 0 Å². The molecule has 0 heterocycles. The van der Waals surface area contributed by atoms with Gasteiger partial charge in [0.25, 0.3) is 0 Å². The number of hydrogen-bond acceptors (Lipinski definition) is 3. The lowest BCUT2D eigenvalue weighted by Gasteiger charge is -2.14. The summed E-state index contributed by atoms with van der Waals surface area (Å²) in [6, 6.07) is 24.9. The Bertz CT molecular complexity index is 1210. The molecule has 0 aliphatic rings. The number of hydrogen-bond donors (Lipinski definition) is 2. The van der Waals surface area contributed by atoms with E-state index in [0.29, 0.717) is 11.4 Å². The third kappa shape index (κ3) is 3.65. The van der Waals surface area contributed by atoms with Crippen LogP contribution in [0.2, 0.25) is 0 Å². The Labute approximate surface area is 169 Å². The number of rotatable bonds is 5. The summed E-state index contributed by atoms with van der Waals surface area (Å²) in [5.74, 6) is -0.682. The first-order valence-electron chi connectivity index (χ1n) is 9.37. The largest absolute Gasteiger partial charge is 0.488 e. The van der Waals surface area contributed by atoms with E-state index in [1.54, 1.807) is 18.2 Å². The van der Waals surface area contributed by atoms with Crippen LogP contribution in [-0.2, 0) is 6.61 Å². The molecule has 4 aromatic rings. The summed E-state index contributed by atoms with van der Waals surface area (Å²) < 4.78 is 6.01. The van der Waals surface area contributed by atoms with Crippen LogP contribution in [-0.4, -0.2) is 11.1 Å². The third-order valence-corrected chi connectivity index (χ3v) is 5.16. The zero-order chi connectivity index (χ0) is 20.4. The third-order valence-electron chi connectivity index (χ3n) is 5.16. The van der Waals surface area contributed by atoms with Crippen molar-refractivity contribution in [2.24, 2.45) is 0 Å². The van der Waals surface area contributed by atoms with Gasteiger partial charge >= 0.3 is 5.97 Å². The fourth-order valence-corrected chi connectivity index (χ4v) is 3.53. The van der Waals surface area contributed by atoms with Crippen LogP contribution >= 0.6 is 0 Å². The highest BCUT2D eigenvalue weighted by atomic mass is 16.5. The molecule has 0 amide bonds. The van der Waals surface area contributed by atoms with E-state index in [1.807, 2.05) is 67.6 Å². The summed E-state index contributed by atoms with van der Waals surface area (Å²) in [5.41, 5.74) is 10.7. The quantitative estimate of drug-likeness (QED) is 0.435. The second-order valence-corrected chi connectivity index (χ2v) is 6.96. The summed E-state index contributed by atoms with van der Waals surface area (Å²) in [6.07, 6.45) is 0. The van der Waals surface area contributed by atoms with Gasteiger partial charge in [-0.3, -0.25) is 0 Å². The van der Waals surface area contributed by atoms with Gasteiger partial charge in [-0.2, -0.15) is 0 Å². The van der Waals surface area contributed by atoms with E-state index < -0.39 is 5.97 Å². The van der Waals surface area contributed by atoms with Crippen molar-refractivity contribution in [3.05, 3.63) is 95.6 Å². The highest BCUT2D eigenvalue weighted by Crippen LogP contribution is 2.32. The standard InChI is InChI=1S/C25H21NO3/c1-16-20(10-5-11-23(16)26)18-12-13-22(25(27)28)24(14-18)29-15-19-8-4-7-17-6-2-3-9-21(17)19/h2-14H,15,26H2,1H3,(H,27,28). The first kappa shape index (κ1) is 18.6. The van der Waals surface area contributed by atoms with Gasteiger partial charge in [0.2, 0.25) is 0 Å². The van der Waals surface area contributed by atoms with Gasteiger partial charge in [-0.15, -0.1) is 0 Å². The molecule has 0 fully saturated rings. The maximum Gasteiger partial charge on any atom is 0.339 e. The Hall–Kier alpha value is -3.79. The van der Waals surface area contributed by atoms with E-state index >= 15 is 0 Å². The topological polar surface area (TPSA) is 72.6 Å². The molecule has 4 rings (SSSR count). The minimum atomic E-state index is -1.02. The molecule has 4 aromatic carbocycles.